The second-order valence-electron chi connectivity index (χ2n) is 4.39. The number of aromatic nitrogens is 1. The van der Waals surface area contributed by atoms with E-state index in [2.05, 4.69) is 15.6 Å². The molecule has 5 nitrogen and oxygen atoms in total. The Labute approximate surface area is 125 Å². The molecule has 20 heavy (non-hydrogen) atoms. The second-order valence-corrected chi connectivity index (χ2v) is 6.45. The summed E-state index contributed by atoms with van der Waals surface area (Å²) >= 11 is 3.10. The molecule has 2 rings (SSSR count). The Bertz CT molecular complexity index is 547. The predicted octanol–water partition coefficient (Wildman–Crippen LogP) is 2.35. The van der Waals surface area contributed by atoms with Crippen molar-refractivity contribution >= 4 is 28.7 Å². The highest BCUT2D eigenvalue weighted by Gasteiger charge is 2.10. The summed E-state index contributed by atoms with van der Waals surface area (Å²) in [5.74, 6) is 0. The van der Waals surface area contributed by atoms with Gasteiger partial charge in [-0.3, -0.25) is 0 Å². The van der Waals surface area contributed by atoms with Gasteiger partial charge in [0.15, 0.2) is 0 Å². The predicted molar refractivity (Wildman–Crippen MR) is 81.1 cm³/mol. The van der Waals surface area contributed by atoms with Crippen molar-refractivity contribution in [3.8, 4) is 0 Å². The lowest BCUT2D eigenvalue weighted by molar-refractivity contribution is 0.173. The summed E-state index contributed by atoms with van der Waals surface area (Å²) in [6.45, 7) is 4.55. The van der Waals surface area contributed by atoms with Gasteiger partial charge in [0, 0.05) is 11.4 Å². The van der Waals surface area contributed by atoms with E-state index < -0.39 is 6.10 Å². The van der Waals surface area contributed by atoms with Crippen molar-refractivity contribution in [2.45, 2.75) is 26.5 Å². The van der Waals surface area contributed by atoms with Crippen molar-refractivity contribution in [2.24, 2.45) is 0 Å². The highest BCUT2D eigenvalue weighted by atomic mass is 32.1. The van der Waals surface area contributed by atoms with Gasteiger partial charge in [0.1, 0.15) is 5.01 Å². The minimum absolute atomic E-state index is 0.193. The van der Waals surface area contributed by atoms with Gasteiger partial charge in [0.2, 0.25) is 0 Å². The monoisotopic (exact) mass is 311 g/mol. The SMILES string of the molecule is Cc1nc(CNC(=O)NCC(O)c2ccsc2)sc1C. The summed E-state index contributed by atoms with van der Waals surface area (Å²) in [6.07, 6.45) is -0.670. The minimum atomic E-state index is -0.670. The minimum Gasteiger partial charge on any atom is -0.387 e. The van der Waals surface area contributed by atoms with E-state index in [1.807, 2.05) is 30.7 Å². The van der Waals surface area contributed by atoms with E-state index in [1.54, 1.807) is 11.3 Å². The van der Waals surface area contributed by atoms with Crippen molar-refractivity contribution in [2.75, 3.05) is 6.54 Å². The quantitative estimate of drug-likeness (QED) is 0.793. The summed E-state index contributed by atoms with van der Waals surface area (Å²) in [5.41, 5.74) is 1.82. The van der Waals surface area contributed by atoms with E-state index >= 15 is 0 Å². The Morgan fingerprint density at radius 3 is 2.85 bits per heavy atom. The molecule has 108 valence electrons. The van der Waals surface area contributed by atoms with Crippen molar-refractivity contribution in [3.63, 3.8) is 0 Å². The van der Waals surface area contributed by atoms with Crippen LogP contribution in [0.3, 0.4) is 0 Å². The van der Waals surface area contributed by atoms with E-state index in [1.165, 1.54) is 11.3 Å². The van der Waals surface area contributed by atoms with E-state index in [-0.39, 0.29) is 12.6 Å². The molecule has 0 fully saturated rings. The van der Waals surface area contributed by atoms with Gasteiger partial charge in [0.25, 0.3) is 0 Å². The van der Waals surface area contributed by atoms with Crippen molar-refractivity contribution in [1.29, 1.82) is 0 Å². The normalized spacial score (nSPS) is 12.2. The van der Waals surface area contributed by atoms with Crippen LogP contribution in [0.25, 0.3) is 0 Å². The summed E-state index contributed by atoms with van der Waals surface area (Å²) in [5, 5.41) is 19.9. The molecule has 0 saturated carbocycles. The highest BCUT2D eigenvalue weighted by Crippen LogP contribution is 2.16. The first-order chi connectivity index (χ1) is 9.56. The van der Waals surface area contributed by atoms with Crippen LogP contribution in [0.15, 0.2) is 16.8 Å². The highest BCUT2D eigenvalue weighted by molar-refractivity contribution is 7.11. The Kier molecular flexibility index (Phi) is 5.11. The van der Waals surface area contributed by atoms with Crippen LogP contribution in [0, 0.1) is 13.8 Å². The molecule has 1 atom stereocenters. The van der Waals surface area contributed by atoms with Crippen LogP contribution in [-0.4, -0.2) is 22.7 Å². The fourth-order valence-electron chi connectivity index (χ4n) is 1.60. The number of hydrogen-bond acceptors (Lipinski definition) is 5. The lowest BCUT2D eigenvalue weighted by Gasteiger charge is -2.10. The molecule has 0 spiro atoms. The van der Waals surface area contributed by atoms with Gasteiger partial charge in [-0.05, 0) is 36.2 Å². The standard InChI is InChI=1S/C13H17N3O2S2/c1-8-9(2)20-12(16-8)6-15-13(18)14-5-11(17)10-3-4-19-7-10/h3-4,7,11,17H,5-6H2,1-2H3,(H2,14,15,18). The number of aryl methyl sites for hydroxylation is 2. The first-order valence-corrected chi connectivity index (χ1v) is 7.97. The molecule has 0 bridgehead atoms. The van der Waals surface area contributed by atoms with Crippen LogP contribution >= 0.6 is 22.7 Å². The van der Waals surface area contributed by atoms with E-state index in [4.69, 9.17) is 0 Å². The van der Waals surface area contributed by atoms with Crippen LogP contribution in [0.2, 0.25) is 0 Å². The largest absolute Gasteiger partial charge is 0.387 e. The van der Waals surface area contributed by atoms with E-state index in [9.17, 15) is 9.90 Å². The van der Waals surface area contributed by atoms with Crippen molar-refractivity contribution < 1.29 is 9.90 Å². The molecular formula is C13H17N3O2S2. The number of amides is 2. The lowest BCUT2D eigenvalue weighted by Crippen LogP contribution is -2.37. The number of urea groups is 1. The number of carbonyl (C=O) groups is 1. The second kappa shape index (κ2) is 6.83. The van der Waals surface area contributed by atoms with Gasteiger partial charge in [0.05, 0.1) is 18.3 Å². The fourth-order valence-corrected chi connectivity index (χ4v) is 3.19. The van der Waals surface area contributed by atoms with Gasteiger partial charge < -0.3 is 15.7 Å². The third-order valence-corrected chi connectivity index (χ3v) is 4.63. The van der Waals surface area contributed by atoms with Crippen molar-refractivity contribution in [1.82, 2.24) is 15.6 Å². The molecule has 1 unspecified atom stereocenters. The maximum atomic E-state index is 11.6. The van der Waals surface area contributed by atoms with Gasteiger partial charge in [-0.15, -0.1) is 11.3 Å². The van der Waals surface area contributed by atoms with Crippen LogP contribution in [0.1, 0.15) is 27.2 Å². The molecule has 7 heteroatoms. The molecule has 0 radical (unpaired) electrons. The number of hydrogen-bond donors (Lipinski definition) is 3. The Balaban J connectivity index is 1.73. The molecule has 3 N–H and O–H groups in total. The Morgan fingerprint density at radius 2 is 2.25 bits per heavy atom. The van der Waals surface area contributed by atoms with Crippen LogP contribution in [-0.2, 0) is 6.54 Å². The number of rotatable bonds is 5. The summed E-state index contributed by atoms with van der Waals surface area (Å²) in [4.78, 5) is 17.1. The molecular weight excluding hydrogens is 294 g/mol. The first-order valence-electron chi connectivity index (χ1n) is 6.21. The summed E-state index contributed by atoms with van der Waals surface area (Å²) in [7, 11) is 0. The van der Waals surface area contributed by atoms with Gasteiger partial charge in [-0.2, -0.15) is 11.3 Å². The average molecular weight is 311 g/mol. The average Bonchev–Trinajstić information content (AvgIpc) is 3.05. The molecule has 2 aromatic heterocycles. The fraction of sp³-hybridized carbons (Fsp3) is 0.385. The zero-order valence-electron chi connectivity index (χ0n) is 11.3. The topological polar surface area (TPSA) is 74.2 Å². The Morgan fingerprint density at radius 1 is 1.45 bits per heavy atom. The number of thiazole rings is 1. The van der Waals surface area contributed by atoms with Gasteiger partial charge in [-0.25, -0.2) is 9.78 Å². The lowest BCUT2D eigenvalue weighted by atomic mass is 10.2. The van der Waals surface area contributed by atoms with Crippen molar-refractivity contribution in [3.05, 3.63) is 38.0 Å². The smallest absolute Gasteiger partial charge is 0.315 e. The number of nitrogens with one attached hydrogen (secondary N) is 2. The molecule has 0 aliphatic heterocycles. The summed E-state index contributed by atoms with van der Waals surface area (Å²) in [6, 6.07) is 1.54. The number of aliphatic hydroxyl groups excluding tert-OH is 1. The van der Waals surface area contributed by atoms with E-state index in [0.717, 1.165) is 21.1 Å². The molecule has 2 heterocycles. The van der Waals surface area contributed by atoms with Gasteiger partial charge >= 0.3 is 6.03 Å². The van der Waals surface area contributed by atoms with E-state index in [0.29, 0.717) is 6.54 Å². The van der Waals surface area contributed by atoms with Crippen LogP contribution in [0.5, 0.6) is 0 Å². The molecule has 2 aromatic rings. The zero-order valence-corrected chi connectivity index (χ0v) is 13.0. The molecule has 0 aliphatic rings. The maximum absolute atomic E-state index is 11.6. The van der Waals surface area contributed by atoms with Crippen LogP contribution < -0.4 is 10.6 Å². The molecule has 0 aromatic carbocycles. The molecule has 0 aliphatic carbocycles. The third-order valence-electron chi connectivity index (χ3n) is 2.86. The molecule has 0 saturated heterocycles. The third kappa shape index (κ3) is 4.03. The number of aliphatic hydroxyl groups is 1. The number of carbonyl (C=O) groups excluding carboxylic acids is 1. The summed E-state index contributed by atoms with van der Waals surface area (Å²) < 4.78 is 0. The molecule has 2 amide bonds. The maximum Gasteiger partial charge on any atom is 0.315 e. The number of thiophene rings is 1. The Hall–Kier alpha value is -1.44. The first kappa shape index (κ1) is 15.0. The zero-order chi connectivity index (χ0) is 14.5. The van der Waals surface area contributed by atoms with Gasteiger partial charge in [-0.1, -0.05) is 0 Å². The van der Waals surface area contributed by atoms with Crippen LogP contribution in [0.4, 0.5) is 4.79 Å². The number of nitrogens with zero attached hydrogens (tertiary/aromatic N) is 1.